The third-order valence-corrected chi connectivity index (χ3v) is 18.5. The predicted molar refractivity (Wildman–Crippen MR) is 361 cm³/mol. The molecule has 0 unspecified atom stereocenters. The topological polar surface area (TPSA) is 0 Å². The maximum absolute atomic E-state index is 2.34. The fourth-order valence-corrected chi connectivity index (χ4v) is 14.5. The summed E-state index contributed by atoms with van der Waals surface area (Å²) >= 11 is 0. The summed E-state index contributed by atoms with van der Waals surface area (Å²) in [5.41, 5.74) is 28.9. The lowest BCUT2D eigenvalue weighted by Crippen LogP contribution is -1.87. The van der Waals surface area contributed by atoms with Gasteiger partial charge in [0, 0.05) is 0 Å². The molecule has 0 spiro atoms. The van der Waals surface area contributed by atoms with Crippen LogP contribution in [0.1, 0.15) is 55.6 Å². The standard InChI is InChI=1S/C21H14.3C17H12.C13H10/c1-2-8-15-14(7-1)13-20-18-11-4-3-9-16(18)17-10-5-6-12-19(17)21(15)20;1-3-7-15-12(5-1)9-10-14-11-13-6-2-4-8-16(13)17(14)15;1-3-7-14-12(5-1)9-10-16-15-8-4-2-6-13(15)11-17(14)16;1-2-6-13-11-17-15(9-12(13)5-1)10-14-7-3-4-8-16(14)17;1-3-7-12-10(5-1)9-11-6-2-4-8-13(11)12/h1-12H,13H2;2*1-10H,11H2;1-9,11H,10H2;1-8H,9H2. The van der Waals surface area contributed by atoms with Crippen LogP contribution in [0.2, 0.25) is 0 Å². The summed E-state index contributed by atoms with van der Waals surface area (Å²) in [5.74, 6) is 0. The van der Waals surface area contributed by atoms with Crippen LogP contribution in [0.25, 0.3) is 109 Å². The molecule has 15 aromatic carbocycles. The van der Waals surface area contributed by atoms with Crippen molar-refractivity contribution >= 4 is 53.9 Å². The Labute approximate surface area is 497 Å². The SMILES string of the molecule is c1ccc2c(c1)Cc1c-2c2ccccc2c2ccccc12.c1ccc2c(c1)Cc1c-2ccc2ccccc12.c1ccc2c(c1)Cc1cc3ccccc3cc1-2.c1ccc2c(c1)Cc1ccc3ccccc3c1-2.c1ccc2c(c1)Cc1ccccc1-2. The van der Waals surface area contributed by atoms with E-state index in [1.54, 1.807) is 0 Å². The van der Waals surface area contributed by atoms with E-state index in [0.717, 1.165) is 32.1 Å². The molecule has 5 aliphatic rings. The van der Waals surface area contributed by atoms with Gasteiger partial charge in [-0.25, -0.2) is 0 Å². The molecule has 0 heteroatoms. The molecule has 0 fully saturated rings. The summed E-state index contributed by atoms with van der Waals surface area (Å²) < 4.78 is 0. The van der Waals surface area contributed by atoms with Crippen LogP contribution in [0.15, 0.2) is 303 Å². The Morgan fingerprint density at radius 2 is 0.506 bits per heavy atom. The first-order chi connectivity index (χ1) is 42.2. The van der Waals surface area contributed by atoms with E-state index in [2.05, 4.69) is 303 Å². The van der Waals surface area contributed by atoms with Gasteiger partial charge in [-0.2, -0.15) is 0 Å². The van der Waals surface area contributed by atoms with Crippen molar-refractivity contribution in [2.75, 3.05) is 0 Å². The molecular formula is C85H60. The van der Waals surface area contributed by atoms with E-state index >= 15 is 0 Å². The lowest BCUT2D eigenvalue weighted by atomic mass is 9.92. The van der Waals surface area contributed by atoms with Gasteiger partial charge in [0.15, 0.2) is 0 Å². The molecule has 0 N–H and O–H groups in total. The zero-order valence-corrected chi connectivity index (χ0v) is 47.4. The quantitative estimate of drug-likeness (QED) is 0.133. The van der Waals surface area contributed by atoms with Crippen molar-refractivity contribution in [1.29, 1.82) is 0 Å². The van der Waals surface area contributed by atoms with Gasteiger partial charge in [0.05, 0.1) is 0 Å². The zero-order chi connectivity index (χ0) is 56.2. The molecule has 0 aromatic heterocycles. The van der Waals surface area contributed by atoms with Crippen molar-refractivity contribution in [3.8, 4) is 55.6 Å². The van der Waals surface area contributed by atoms with Gasteiger partial charge in [-0.05, 0) is 203 Å². The van der Waals surface area contributed by atoms with Crippen LogP contribution in [0.3, 0.4) is 0 Å². The highest BCUT2D eigenvalue weighted by Gasteiger charge is 2.25. The third-order valence-electron chi connectivity index (χ3n) is 18.5. The van der Waals surface area contributed by atoms with Crippen molar-refractivity contribution in [3.05, 3.63) is 359 Å². The van der Waals surface area contributed by atoms with E-state index < -0.39 is 0 Å². The van der Waals surface area contributed by atoms with E-state index in [1.807, 2.05) is 0 Å². The van der Waals surface area contributed by atoms with E-state index in [-0.39, 0.29) is 0 Å². The minimum Gasteiger partial charge on any atom is -0.0619 e. The Morgan fingerprint density at radius 3 is 1.12 bits per heavy atom. The molecule has 5 aliphatic carbocycles. The van der Waals surface area contributed by atoms with Gasteiger partial charge in [-0.15, -0.1) is 0 Å². The van der Waals surface area contributed by atoms with Crippen molar-refractivity contribution in [2.45, 2.75) is 32.1 Å². The predicted octanol–water partition coefficient (Wildman–Crippen LogP) is 22.1. The summed E-state index contributed by atoms with van der Waals surface area (Å²) in [6, 6.07) is 110. The first kappa shape index (κ1) is 50.3. The van der Waals surface area contributed by atoms with Crippen LogP contribution in [-0.4, -0.2) is 0 Å². The average Bonchev–Trinajstić information content (AvgIpc) is 2.46. The number of hydrogen-bond donors (Lipinski definition) is 0. The number of rotatable bonds is 0. The number of hydrogen-bond acceptors (Lipinski definition) is 0. The molecular weight excluding hydrogens is 1020 g/mol. The highest BCUT2D eigenvalue weighted by molar-refractivity contribution is 6.17. The third kappa shape index (κ3) is 9.01. The summed E-state index contributed by atoms with van der Waals surface area (Å²) in [6.07, 6.45) is 5.39. The monoisotopic (exact) mass is 1080 g/mol. The summed E-state index contributed by atoms with van der Waals surface area (Å²) in [4.78, 5) is 0. The lowest BCUT2D eigenvalue weighted by Gasteiger charge is -2.12. The summed E-state index contributed by atoms with van der Waals surface area (Å²) in [5, 5.41) is 13.7. The van der Waals surface area contributed by atoms with Crippen molar-refractivity contribution in [1.82, 2.24) is 0 Å². The van der Waals surface area contributed by atoms with Crippen LogP contribution in [0.4, 0.5) is 0 Å². The Bertz CT molecular complexity index is 5040. The number of fused-ring (bicyclic) bond motifs is 25. The Morgan fingerprint density at radius 1 is 0.153 bits per heavy atom. The fraction of sp³-hybridized carbons (Fsp3) is 0.0588. The normalized spacial score (nSPS) is 12.5. The van der Waals surface area contributed by atoms with Gasteiger partial charge in [0.2, 0.25) is 0 Å². The number of benzene rings is 15. The van der Waals surface area contributed by atoms with E-state index in [1.165, 1.54) is 165 Å². The molecule has 0 aliphatic heterocycles. The van der Waals surface area contributed by atoms with Crippen molar-refractivity contribution < 1.29 is 0 Å². The van der Waals surface area contributed by atoms with Crippen LogP contribution in [-0.2, 0) is 32.1 Å². The first-order valence-electron chi connectivity index (χ1n) is 30.1. The molecule has 0 saturated carbocycles. The lowest BCUT2D eigenvalue weighted by molar-refractivity contribution is 1.26. The van der Waals surface area contributed by atoms with Crippen LogP contribution >= 0.6 is 0 Å². The molecule has 0 atom stereocenters. The second-order valence-electron chi connectivity index (χ2n) is 23.3. The van der Waals surface area contributed by atoms with Gasteiger partial charge < -0.3 is 0 Å². The molecule has 0 nitrogen and oxygen atoms in total. The van der Waals surface area contributed by atoms with E-state index in [0.29, 0.717) is 0 Å². The van der Waals surface area contributed by atoms with Gasteiger partial charge in [-0.3, -0.25) is 0 Å². The second-order valence-corrected chi connectivity index (χ2v) is 23.3. The Balaban J connectivity index is 0.0000000871. The highest BCUT2D eigenvalue weighted by Crippen LogP contribution is 2.47. The molecule has 0 radical (unpaired) electrons. The summed E-state index contributed by atoms with van der Waals surface area (Å²) in [7, 11) is 0. The fourth-order valence-electron chi connectivity index (χ4n) is 14.5. The molecule has 0 saturated heterocycles. The zero-order valence-electron chi connectivity index (χ0n) is 47.4. The Kier molecular flexibility index (Phi) is 12.7. The smallest absolute Gasteiger partial charge is 0.000705 e. The van der Waals surface area contributed by atoms with Crippen molar-refractivity contribution in [3.63, 3.8) is 0 Å². The van der Waals surface area contributed by atoms with E-state index in [9.17, 15) is 0 Å². The summed E-state index contributed by atoms with van der Waals surface area (Å²) in [6.45, 7) is 0. The largest absolute Gasteiger partial charge is 0.0619 e. The second kappa shape index (κ2) is 21.4. The van der Waals surface area contributed by atoms with E-state index in [4.69, 9.17) is 0 Å². The Hall–Kier alpha value is -10.4. The molecule has 20 rings (SSSR count). The van der Waals surface area contributed by atoms with Gasteiger partial charge in [-0.1, -0.05) is 297 Å². The van der Waals surface area contributed by atoms with Gasteiger partial charge in [0.25, 0.3) is 0 Å². The minimum atomic E-state index is 1.05. The van der Waals surface area contributed by atoms with Crippen LogP contribution < -0.4 is 0 Å². The molecule has 0 amide bonds. The molecule has 0 bridgehead atoms. The maximum Gasteiger partial charge on any atom is -0.000705 e. The molecule has 400 valence electrons. The van der Waals surface area contributed by atoms with Crippen molar-refractivity contribution in [2.24, 2.45) is 0 Å². The van der Waals surface area contributed by atoms with Gasteiger partial charge in [0.1, 0.15) is 0 Å². The minimum absolute atomic E-state index is 1.05. The van der Waals surface area contributed by atoms with Crippen LogP contribution in [0.5, 0.6) is 0 Å². The maximum atomic E-state index is 2.34. The van der Waals surface area contributed by atoms with Gasteiger partial charge >= 0.3 is 0 Å². The molecule has 85 heavy (non-hydrogen) atoms. The highest BCUT2D eigenvalue weighted by atomic mass is 14.3. The molecule has 15 aromatic rings. The first-order valence-corrected chi connectivity index (χ1v) is 30.1. The van der Waals surface area contributed by atoms with Crippen LogP contribution in [0, 0.1) is 0 Å². The molecule has 0 heterocycles. The average molecular weight is 1080 g/mol.